The van der Waals surface area contributed by atoms with Gasteiger partial charge in [-0.1, -0.05) is 0 Å². The van der Waals surface area contributed by atoms with Gasteiger partial charge in [0.2, 0.25) is 0 Å². The van der Waals surface area contributed by atoms with Crippen LogP contribution in [-0.2, 0) is 9.53 Å². The van der Waals surface area contributed by atoms with E-state index in [1.807, 2.05) is 13.8 Å². The Bertz CT molecular complexity index is 325. The second kappa shape index (κ2) is 7.59. The lowest BCUT2D eigenvalue weighted by Crippen LogP contribution is -2.56. The predicted molar refractivity (Wildman–Crippen MR) is 74.6 cm³/mol. The smallest absolute Gasteiger partial charge is 0.327 e. The number of hydrogen-bond acceptors (Lipinski definition) is 4. The molecule has 1 heterocycles. The first-order chi connectivity index (χ1) is 8.99. The maximum absolute atomic E-state index is 12.5. The Balaban J connectivity index is 2.78. The van der Waals surface area contributed by atoms with Crippen LogP contribution in [0.25, 0.3) is 0 Å². The van der Waals surface area contributed by atoms with Crippen molar-refractivity contribution in [3.8, 4) is 0 Å². The van der Waals surface area contributed by atoms with Gasteiger partial charge in [0, 0.05) is 37.7 Å². The first-order valence-corrected chi connectivity index (χ1v) is 7.51. The van der Waals surface area contributed by atoms with Crippen molar-refractivity contribution in [1.82, 2.24) is 9.80 Å². The van der Waals surface area contributed by atoms with Crippen LogP contribution in [0.1, 0.15) is 13.8 Å². The summed E-state index contributed by atoms with van der Waals surface area (Å²) in [5.41, 5.74) is 0. The largest absolute Gasteiger partial charge is 0.480 e. The number of carboxylic acid groups (broad SMARTS) is 1. The van der Waals surface area contributed by atoms with Crippen molar-refractivity contribution in [1.29, 1.82) is 0 Å². The summed E-state index contributed by atoms with van der Waals surface area (Å²) < 4.78 is 5.00. The summed E-state index contributed by atoms with van der Waals surface area (Å²) in [5.74, 6) is 0.305. The minimum Gasteiger partial charge on any atom is -0.480 e. The summed E-state index contributed by atoms with van der Waals surface area (Å²) in [4.78, 5) is 26.8. The van der Waals surface area contributed by atoms with E-state index in [-0.39, 0.29) is 12.1 Å². The zero-order chi connectivity index (χ0) is 14.4. The standard InChI is InChI=1S/C12H22N2O4S/c1-9(2)13(4-6-18-3)12(17)14-5-7-19-8-10(14)11(15)16/h9-10H,4-8H2,1-3H3,(H,15,16). The van der Waals surface area contributed by atoms with Gasteiger partial charge in [0.05, 0.1) is 6.61 Å². The zero-order valence-electron chi connectivity index (χ0n) is 11.7. The third kappa shape index (κ3) is 4.28. The van der Waals surface area contributed by atoms with E-state index in [1.165, 1.54) is 4.90 Å². The summed E-state index contributed by atoms with van der Waals surface area (Å²) in [5, 5.41) is 9.20. The van der Waals surface area contributed by atoms with E-state index >= 15 is 0 Å². The van der Waals surface area contributed by atoms with Gasteiger partial charge in [-0.05, 0) is 13.8 Å². The quantitative estimate of drug-likeness (QED) is 0.817. The molecule has 1 atom stereocenters. The monoisotopic (exact) mass is 290 g/mol. The van der Waals surface area contributed by atoms with Crippen LogP contribution in [0.4, 0.5) is 4.79 Å². The summed E-state index contributed by atoms with van der Waals surface area (Å²) in [6.45, 7) is 5.24. The molecule has 0 radical (unpaired) electrons. The van der Waals surface area contributed by atoms with Crippen LogP contribution in [0, 0.1) is 0 Å². The molecule has 0 spiro atoms. The van der Waals surface area contributed by atoms with Crippen LogP contribution in [0.5, 0.6) is 0 Å². The van der Waals surface area contributed by atoms with Crippen molar-refractivity contribution in [2.24, 2.45) is 0 Å². The molecular formula is C12H22N2O4S. The normalized spacial score (nSPS) is 19.6. The van der Waals surface area contributed by atoms with Gasteiger partial charge < -0.3 is 19.6 Å². The number of nitrogens with zero attached hydrogens (tertiary/aromatic N) is 2. The van der Waals surface area contributed by atoms with E-state index in [0.717, 1.165) is 5.75 Å². The highest BCUT2D eigenvalue weighted by Crippen LogP contribution is 2.19. The van der Waals surface area contributed by atoms with Gasteiger partial charge in [0.1, 0.15) is 6.04 Å². The Morgan fingerprint density at radius 2 is 2.21 bits per heavy atom. The van der Waals surface area contributed by atoms with Gasteiger partial charge in [0.15, 0.2) is 0 Å². The number of thioether (sulfide) groups is 1. The average molecular weight is 290 g/mol. The molecule has 0 aromatic carbocycles. The predicted octanol–water partition coefficient (Wildman–Crippen LogP) is 0.965. The van der Waals surface area contributed by atoms with E-state index in [0.29, 0.717) is 25.4 Å². The molecule has 0 saturated carbocycles. The van der Waals surface area contributed by atoms with Crippen molar-refractivity contribution < 1.29 is 19.4 Å². The maximum Gasteiger partial charge on any atom is 0.327 e. The molecule has 7 heteroatoms. The molecule has 6 nitrogen and oxygen atoms in total. The molecule has 1 aliphatic rings. The molecule has 1 rings (SSSR count). The Labute approximate surface area is 118 Å². The van der Waals surface area contributed by atoms with Crippen LogP contribution >= 0.6 is 11.8 Å². The Morgan fingerprint density at radius 3 is 2.74 bits per heavy atom. The van der Waals surface area contributed by atoms with Gasteiger partial charge in [-0.15, -0.1) is 0 Å². The molecule has 0 bridgehead atoms. The number of aliphatic carboxylic acids is 1. The van der Waals surface area contributed by atoms with Gasteiger partial charge in [-0.25, -0.2) is 9.59 Å². The molecule has 0 aromatic rings. The van der Waals surface area contributed by atoms with Crippen molar-refractivity contribution in [2.45, 2.75) is 25.9 Å². The number of carbonyl (C=O) groups is 2. The topological polar surface area (TPSA) is 70.1 Å². The highest BCUT2D eigenvalue weighted by atomic mass is 32.2. The highest BCUT2D eigenvalue weighted by Gasteiger charge is 2.35. The number of ether oxygens (including phenoxy) is 1. The number of methoxy groups -OCH3 is 1. The fourth-order valence-corrected chi connectivity index (χ4v) is 3.00. The number of hydrogen-bond donors (Lipinski definition) is 1. The fraction of sp³-hybridized carbons (Fsp3) is 0.833. The molecule has 1 aliphatic heterocycles. The molecule has 110 valence electrons. The van der Waals surface area contributed by atoms with Gasteiger partial charge in [-0.2, -0.15) is 11.8 Å². The maximum atomic E-state index is 12.5. The SMILES string of the molecule is COCCN(C(=O)N1CCSCC1C(=O)O)C(C)C. The molecule has 1 fully saturated rings. The second-order valence-corrected chi connectivity index (χ2v) is 5.83. The number of carboxylic acids is 1. The van der Waals surface area contributed by atoms with E-state index < -0.39 is 12.0 Å². The van der Waals surface area contributed by atoms with Gasteiger partial charge in [0.25, 0.3) is 0 Å². The van der Waals surface area contributed by atoms with Crippen LogP contribution in [0.3, 0.4) is 0 Å². The third-order valence-electron chi connectivity index (χ3n) is 3.06. The van der Waals surface area contributed by atoms with Crippen LogP contribution in [-0.4, -0.2) is 77.3 Å². The molecular weight excluding hydrogens is 268 g/mol. The number of amides is 2. The summed E-state index contributed by atoms with van der Waals surface area (Å²) >= 11 is 1.57. The lowest BCUT2D eigenvalue weighted by molar-refractivity contribution is -0.141. The molecule has 2 amide bonds. The first-order valence-electron chi connectivity index (χ1n) is 6.35. The molecule has 0 aliphatic carbocycles. The van der Waals surface area contributed by atoms with Crippen molar-refractivity contribution >= 4 is 23.8 Å². The van der Waals surface area contributed by atoms with Crippen LogP contribution in [0.15, 0.2) is 0 Å². The van der Waals surface area contributed by atoms with Crippen LogP contribution < -0.4 is 0 Å². The van der Waals surface area contributed by atoms with Crippen molar-refractivity contribution in [3.63, 3.8) is 0 Å². The fourth-order valence-electron chi connectivity index (χ4n) is 1.97. The summed E-state index contributed by atoms with van der Waals surface area (Å²) in [6, 6.07) is -0.915. The van der Waals surface area contributed by atoms with Crippen LogP contribution in [0.2, 0.25) is 0 Å². The summed E-state index contributed by atoms with van der Waals surface area (Å²) in [7, 11) is 1.58. The summed E-state index contributed by atoms with van der Waals surface area (Å²) in [6.07, 6.45) is 0. The minimum absolute atomic E-state index is 0.0201. The van der Waals surface area contributed by atoms with E-state index in [1.54, 1.807) is 23.8 Å². The van der Waals surface area contributed by atoms with Crippen molar-refractivity contribution in [3.05, 3.63) is 0 Å². The Hall–Kier alpha value is -0.950. The number of rotatable bonds is 5. The Morgan fingerprint density at radius 1 is 1.53 bits per heavy atom. The van der Waals surface area contributed by atoms with E-state index in [4.69, 9.17) is 4.74 Å². The molecule has 1 saturated heterocycles. The highest BCUT2D eigenvalue weighted by molar-refractivity contribution is 7.99. The van der Waals surface area contributed by atoms with Gasteiger partial charge in [-0.3, -0.25) is 0 Å². The van der Waals surface area contributed by atoms with E-state index in [2.05, 4.69) is 0 Å². The Kier molecular flexibility index (Phi) is 6.44. The average Bonchev–Trinajstić information content (AvgIpc) is 2.38. The van der Waals surface area contributed by atoms with Gasteiger partial charge >= 0.3 is 12.0 Å². The third-order valence-corrected chi connectivity index (χ3v) is 4.09. The molecule has 0 aromatic heterocycles. The lowest BCUT2D eigenvalue weighted by atomic mass is 10.2. The number of carbonyl (C=O) groups excluding carboxylic acids is 1. The second-order valence-electron chi connectivity index (χ2n) is 4.68. The molecule has 1 unspecified atom stereocenters. The molecule has 1 N–H and O–H groups in total. The first kappa shape index (κ1) is 16.1. The lowest BCUT2D eigenvalue weighted by Gasteiger charge is -2.38. The van der Waals surface area contributed by atoms with Crippen molar-refractivity contribution in [2.75, 3.05) is 38.3 Å². The number of urea groups is 1. The van der Waals surface area contributed by atoms with E-state index in [9.17, 15) is 14.7 Å². The minimum atomic E-state index is -0.934. The zero-order valence-corrected chi connectivity index (χ0v) is 12.5. The molecule has 19 heavy (non-hydrogen) atoms.